The predicted octanol–water partition coefficient (Wildman–Crippen LogP) is 5.52. The van der Waals surface area contributed by atoms with Crippen LogP contribution >= 0.6 is 15.9 Å². The van der Waals surface area contributed by atoms with E-state index in [1.807, 2.05) is 44.2 Å². The predicted molar refractivity (Wildman–Crippen MR) is 155 cm³/mol. The molecule has 2 N–H and O–H groups in total. The number of hydrogen-bond acceptors (Lipinski definition) is 5. The molecule has 7 nitrogen and oxygen atoms in total. The first-order chi connectivity index (χ1) is 18.9. The van der Waals surface area contributed by atoms with Gasteiger partial charge in [-0.3, -0.25) is 14.4 Å². The number of halogens is 1. The first-order valence-corrected chi connectivity index (χ1v) is 14.9. The second-order valence-corrected chi connectivity index (χ2v) is 13.8. The van der Waals surface area contributed by atoms with Crippen LogP contribution in [0.4, 0.5) is 0 Å². The molecule has 2 heterocycles. The zero-order valence-electron chi connectivity index (χ0n) is 23.9. The molecule has 212 valence electrons. The van der Waals surface area contributed by atoms with Crippen LogP contribution < -0.4 is 20.1 Å². The molecule has 0 radical (unpaired) electrons. The molecule has 2 saturated carbocycles. The van der Waals surface area contributed by atoms with Gasteiger partial charge in [-0.05, 0) is 58.8 Å². The third-order valence-corrected chi connectivity index (χ3v) is 11.3. The Balaban J connectivity index is 1.59. The van der Waals surface area contributed by atoms with E-state index in [0.29, 0.717) is 23.7 Å². The molecule has 0 unspecified atom stereocenters. The largest absolute Gasteiger partial charge is 0.496 e. The van der Waals surface area contributed by atoms with Crippen molar-refractivity contribution in [2.75, 3.05) is 7.11 Å². The Morgan fingerprint density at radius 1 is 1.18 bits per heavy atom. The summed E-state index contributed by atoms with van der Waals surface area (Å²) in [4.78, 5) is 39.5. The van der Waals surface area contributed by atoms with Crippen LogP contribution in [0.15, 0.2) is 34.8 Å². The highest BCUT2D eigenvalue weighted by Gasteiger charge is 2.70. The van der Waals surface area contributed by atoms with E-state index in [0.717, 1.165) is 46.2 Å². The van der Waals surface area contributed by atoms with Crippen molar-refractivity contribution < 1.29 is 23.9 Å². The van der Waals surface area contributed by atoms with Crippen LogP contribution in [0.25, 0.3) is 0 Å². The van der Waals surface area contributed by atoms with Crippen molar-refractivity contribution in [1.29, 1.82) is 0 Å². The molecule has 0 bridgehead atoms. The van der Waals surface area contributed by atoms with E-state index in [4.69, 9.17) is 9.47 Å². The molecule has 0 aromatic heterocycles. The number of carbonyl (C=O) groups excluding carboxylic acids is 3. The zero-order chi connectivity index (χ0) is 28.8. The van der Waals surface area contributed by atoms with Gasteiger partial charge in [0.05, 0.1) is 24.8 Å². The third kappa shape index (κ3) is 3.57. The Labute approximate surface area is 243 Å². The van der Waals surface area contributed by atoms with Crippen LogP contribution in [0.3, 0.4) is 0 Å². The Hall–Kier alpha value is -2.87. The highest BCUT2D eigenvalue weighted by Crippen LogP contribution is 2.66. The van der Waals surface area contributed by atoms with Crippen molar-refractivity contribution >= 4 is 33.5 Å². The SMILES string of the molecule is COc1ccccc1[C@H]1NC(=O)c2c(Br)cc3c(c21)O[C@@]12C[C@@H](NC(C)=O)C(=O)C(C)(C)[C@@H]1CC[C@H](C)[C@@]2(C)C3. The van der Waals surface area contributed by atoms with Gasteiger partial charge in [0.1, 0.15) is 17.1 Å². The molecule has 2 aliphatic carbocycles. The molecule has 1 spiro atoms. The lowest BCUT2D eigenvalue weighted by atomic mass is 9.43. The number of rotatable bonds is 3. The molecule has 0 saturated heterocycles. The minimum Gasteiger partial charge on any atom is -0.496 e. The van der Waals surface area contributed by atoms with Crippen molar-refractivity contribution in [3.8, 4) is 11.5 Å². The van der Waals surface area contributed by atoms with E-state index in [1.54, 1.807) is 7.11 Å². The maximum Gasteiger partial charge on any atom is 0.253 e. The fraction of sp³-hybridized carbons (Fsp3) is 0.531. The van der Waals surface area contributed by atoms with Gasteiger partial charge >= 0.3 is 0 Å². The summed E-state index contributed by atoms with van der Waals surface area (Å²) >= 11 is 3.71. The van der Waals surface area contributed by atoms with E-state index in [2.05, 4.69) is 40.4 Å². The molecule has 2 fully saturated rings. The molecule has 2 aromatic rings. The van der Waals surface area contributed by atoms with Gasteiger partial charge in [0.25, 0.3) is 5.91 Å². The molecule has 6 rings (SSSR count). The van der Waals surface area contributed by atoms with Gasteiger partial charge in [0.2, 0.25) is 5.91 Å². The Bertz CT molecular complexity index is 1450. The van der Waals surface area contributed by atoms with Crippen LogP contribution in [0.2, 0.25) is 0 Å². The van der Waals surface area contributed by atoms with Gasteiger partial charge in [-0.2, -0.15) is 0 Å². The number of amides is 2. The number of methoxy groups -OCH3 is 1. The van der Waals surface area contributed by atoms with Crippen LogP contribution in [0.1, 0.15) is 87.0 Å². The Kier molecular flexibility index (Phi) is 6.19. The van der Waals surface area contributed by atoms with Crippen molar-refractivity contribution in [3.63, 3.8) is 0 Å². The number of carbonyl (C=O) groups is 3. The summed E-state index contributed by atoms with van der Waals surface area (Å²) in [6, 6.07) is 8.67. The number of ketones is 1. The number of fused-ring (bicyclic) bond motifs is 3. The quantitative estimate of drug-likeness (QED) is 0.478. The standard InChI is InChI=1S/C32H37BrN2O5/c1-16-11-12-23-30(3,4)28(37)21(34-17(2)36)15-32(23)31(16,5)14-18-13-20(33)24-25(27(18)40-32)26(35-29(24)38)19-9-7-8-10-22(19)39-6/h7-10,13,16,21,23,26H,11-12,14-15H2,1-6H3,(H,34,36)(H,35,38)/t16-,21+,23-,26+,31+,32-/m0/s1. The second-order valence-electron chi connectivity index (χ2n) is 12.9. The third-order valence-electron chi connectivity index (χ3n) is 10.6. The zero-order valence-corrected chi connectivity index (χ0v) is 25.5. The summed E-state index contributed by atoms with van der Waals surface area (Å²) in [5.41, 5.74) is 1.59. The smallest absolute Gasteiger partial charge is 0.253 e. The summed E-state index contributed by atoms with van der Waals surface area (Å²) in [5, 5.41) is 6.14. The first kappa shape index (κ1) is 27.3. The average Bonchev–Trinajstić information content (AvgIpc) is 3.25. The van der Waals surface area contributed by atoms with Crippen LogP contribution in [0.5, 0.6) is 11.5 Å². The lowest BCUT2D eigenvalue weighted by molar-refractivity contribution is -0.213. The molecule has 2 aliphatic heterocycles. The summed E-state index contributed by atoms with van der Waals surface area (Å²) < 4.78 is 13.8. The van der Waals surface area contributed by atoms with Crippen molar-refractivity contribution in [2.45, 2.75) is 78.0 Å². The lowest BCUT2D eigenvalue weighted by Crippen LogP contribution is -2.73. The summed E-state index contributed by atoms with van der Waals surface area (Å²) in [6.45, 7) is 10.1. The minimum absolute atomic E-state index is 0.0408. The molecule has 2 aromatic carbocycles. The molecular formula is C32H37BrN2O5. The number of hydrogen-bond donors (Lipinski definition) is 2. The van der Waals surface area contributed by atoms with Gasteiger partial charge in [-0.25, -0.2) is 0 Å². The normalized spacial score (nSPS) is 33.5. The monoisotopic (exact) mass is 608 g/mol. The highest BCUT2D eigenvalue weighted by atomic mass is 79.9. The number of Topliss-reactive ketones (excluding diaryl/α,β-unsaturated/α-hetero) is 1. The van der Waals surface area contributed by atoms with Crippen LogP contribution in [-0.2, 0) is 16.0 Å². The Morgan fingerprint density at radius 3 is 2.60 bits per heavy atom. The van der Waals surface area contributed by atoms with E-state index >= 15 is 0 Å². The van der Waals surface area contributed by atoms with E-state index in [9.17, 15) is 14.4 Å². The first-order valence-electron chi connectivity index (χ1n) is 14.1. The van der Waals surface area contributed by atoms with E-state index in [1.165, 1.54) is 6.92 Å². The van der Waals surface area contributed by atoms with Gasteiger partial charge in [-0.1, -0.05) is 45.9 Å². The van der Waals surface area contributed by atoms with Gasteiger partial charge in [0.15, 0.2) is 5.78 Å². The van der Waals surface area contributed by atoms with Crippen LogP contribution in [-0.4, -0.2) is 36.4 Å². The number of nitrogens with one attached hydrogen (secondary N) is 2. The van der Waals surface area contributed by atoms with Crippen molar-refractivity contribution in [2.24, 2.45) is 22.7 Å². The van der Waals surface area contributed by atoms with Gasteiger partial charge < -0.3 is 20.1 Å². The summed E-state index contributed by atoms with van der Waals surface area (Å²) in [7, 11) is 1.63. The fourth-order valence-electron chi connectivity index (χ4n) is 8.49. The highest BCUT2D eigenvalue weighted by molar-refractivity contribution is 9.10. The number of ether oxygens (including phenoxy) is 2. The molecule has 40 heavy (non-hydrogen) atoms. The second kappa shape index (κ2) is 9.07. The molecular weight excluding hydrogens is 572 g/mol. The summed E-state index contributed by atoms with van der Waals surface area (Å²) in [5.74, 6) is 1.37. The molecule has 4 aliphatic rings. The van der Waals surface area contributed by atoms with E-state index in [-0.39, 0.29) is 28.9 Å². The number of para-hydroxylation sites is 1. The van der Waals surface area contributed by atoms with E-state index < -0.39 is 23.1 Å². The molecule has 2 amide bonds. The Morgan fingerprint density at radius 2 is 1.90 bits per heavy atom. The lowest BCUT2D eigenvalue weighted by Gasteiger charge is -2.66. The maximum atomic E-state index is 13.8. The maximum absolute atomic E-state index is 13.8. The van der Waals surface area contributed by atoms with Gasteiger partial charge in [0, 0.05) is 45.7 Å². The molecule has 8 heteroatoms. The minimum atomic E-state index is -0.708. The topological polar surface area (TPSA) is 93.7 Å². The van der Waals surface area contributed by atoms with Crippen LogP contribution in [0, 0.1) is 22.7 Å². The molecule has 6 atom stereocenters. The van der Waals surface area contributed by atoms with Crippen molar-refractivity contribution in [1.82, 2.24) is 10.6 Å². The average molecular weight is 610 g/mol. The number of benzene rings is 2. The summed E-state index contributed by atoms with van der Waals surface area (Å²) in [6.07, 6.45) is 3.02. The van der Waals surface area contributed by atoms with Gasteiger partial charge in [-0.15, -0.1) is 0 Å². The van der Waals surface area contributed by atoms with Crippen molar-refractivity contribution in [3.05, 3.63) is 57.1 Å². The fourth-order valence-corrected chi connectivity index (χ4v) is 9.16.